The van der Waals surface area contributed by atoms with Crippen molar-refractivity contribution >= 4 is 5.97 Å². The first-order chi connectivity index (χ1) is 9.66. The van der Waals surface area contributed by atoms with E-state index in [1.54, 1.807) is 13.0 Å². The van der Waals surface area contributed by atoms with E-state index in [0.717, 1.165) is 5.75 Å². The molecule has 1 aromatic heterocycles. The number of rotatable bonds is 6. The summed E-state index contributed by atoms with van der Waals surface area (Å²) in [6.07, 6.45) is 1.30. The maximum atomic E-state index is 11.0. The van der Waals surface area contributed by atoms with E-state index in [0.29, 0.717) is 18.1 Å². The van der Waals surface area contributed by atoms with Crippen molar-refractivity contribution in [1.29, 1.82) is 0 Å². The second-order valence-corrected chi connectivity index (χ2v) is 4.14. The van der Waals surface area contributed by atoms with Crippen LogP contribution in [0.2, 0.25) is 0 Å². The van der Waals surface area contributed by atoms with E-state index in [1.165, 1.54) is 6.20 Å². The van der Waals surface area contributed by atoms with Crippen molar-refractivity contribution in [3.63, 3.8) is 0 Å². The predicted molar refractivity (Wildman–Crippen MR) is 73.4 cm³/mol. The van der Waals surface area contributed by atoms with Gasteiger partial charge in [-0.25, -0.2) is 4.79 Å². The van der Waals surface area contributed by atoms with Gasteiger partial charge in [0.1, 0.15) is 30.3 Å². The van der Waals surface area contributed by atoms with E-state index >= 15 is 0 Å². The quantitative estimate of drug-likeness (QED) is 0.819. The summed E-state index contributed by atoms with van der Waals surface area (Å²) in [5, 5.41) is 9.04. The van der Waals surface area contributed by atoms with Gasteiger partial charge in [0.15, 0.2) is 0 Å². The maximum Gasteiger partial charge on any atom is 0.341 e. The summed E-state index contributed by atoms with van der Waals surface area (Å²) in [7, 11) is 0. The molecule has 1 aromatic carbocycles. The number of para-hydroxylation sites is 1. The van der Waals surface area contributed by atoms with Gasteiger partial charge in [0.2, 0.25) is 0 Å². The summed E-state index contributed by atoms with van der Waals surface area (Å²) in [5.41, 5.74) is 0.754. The number of hydrogen-bond donors (Lipinski definition) is 1. The molecule has 0 amide bonds. The monoisotopic (exact) mass is 273 g/mol. The van der Waals surface area contributed by atoms with Crippen LogP contribution >= 0.6 is 0 Å². The number of ether oxygens (including phenoxy) is 2. The van der Waals surface area contributed by atoms with Crippen molar-refractivity contribution in [1.82, 2.24) is 4.98 Å². The van der Waals surface area contributed by atoms with Crippen LogP contribution in [-0.2, 0) is 0 Å². The standard InChI is InChI=1S/C15H15NO4/c1-11-9-14(13(10-16-11)15(17)18)20-8-7-19-12-5-3-2-4-6-12/h2-6,9-10H,7-8H2,1H3,(H,17,18). The third kappa shape index (κ3) is 3.71. The number of aryl methyl sites for hydroxylation is 1. The number of aromatic carboxylic acids is 1. The largest absolute Gasteiger partial charge is 0.490 e. The lowest BCUT2D eigenvalue weighted by Gasteiger charge is -2.10. The molecule has 0 atom stereocenters. The minimum Gasteiger partial charge on any atom is -0.490 e. The van der Waals surface area contributed by atoms with Crippen LogP contribution in [0.1, 0.15) is 16.1 Å². The summed E-state index contributed by atoms with van der Waals surface area (Å²) in [5.74, 6) is -0.00129. The van der Waals surface area contributed by atoms with Crippen LogP contribution in [-0.4, -0.2) is 29.3 Å². The van der Waals surface area contributed by atoms with Crippen molar-refractivity contribution in [2.45, 2.75) is 6.92 Å². The Bertz CT molecular complexity index is 584. The van der Waals surface area contributed by atoms with Crippen molar-refractivity contribution in [2.24, 2.45) is 0 Å². The molecule has 5 heteroatoms. The fraction of sp³-hybridized carbons (Fsp3) is 0.200. The minimum absolute atomic E-state index is 0.0512. The van der Waals surface area contributed by atoms with Gasteiger partial charge in [-0.1, -0.05) is 18.2 Å². The molecule has 0 saturated carbocycles. The molecule has 0 radical (unpaired) electrons. The van der Waals surface area contributed by atoms with Gasteiger partial charge in [-0.3, -0.25) is 4.98 Å². The zero-order chi connectivity index (χ0) is 14.4. The first-order valence-electron chi connectivity index (χ1n) is 6.17. The average molecular weight is 273 g/mol. The molecule has 0 aliphatic rings. The second kappa shape index (κ2) is 6.56. The zero-order valence-corrected chi connectivity index (χ0v) is 11.1. The van der Waals surface area contributed by atoms with Crippen LogP contribution in [0.15, 0.2) is 42.6 Å². The molecule has 0 fully saturated rings. The Labute approximate surface area is 116 Å². The highest BCUT2D eigenvalue weighted by Gasteiger charge is 2.12. The first kappa shape index (κ1) is 13.9. The van der Waals surface area contributed by atoms with Crippen molar-refractivity contribution in [3.8, 4) is 11.5 Å². The van der Waals surface area contributed by atoms with Gasteiger partial charge in [-0.15, -0.1) is 0 Å². The highest BCUT2D eigenvalue weighted by molar-refractivity contribution is 5.90. The number of carboxylic acids is 1. The molecule has 104 valence electrons. The molecule has 1 N–H and O–H groups in total. The summed E-state index contributed by atoms with van der Waals surface area (Å²) in [4.78, 5) is 15.0. The predicted octanol–water partition coefficient (Wildman–Crippen LogP) is 2.55. The first-order valence-corrected chi connectivity index (χ1v) is 6.17. The van der Waals surface area contributed by atoms with E-state index in [4.69, 9.17) is 14.6 Å². The van der Waals surface area contributed by atoms with Crippen molar-refractivity contribution in [3.05, 3.63) is 53.9 Å². The van der Waals surface area contributed by atoms with E-state index in [2.05, 4.69) is 4.98 Å². The fourth-order valence-corrected chi connectivity index (χ4v) is 1.64. The number of nitrogens with zero attached hydrogens (tertiary/aromatic N) is 1. The van der Waals surface area contributed by atoms with Crippen LogP contribution < -0.4 is 9.47 Å². The lowest BCUT2D eigenvalue weighted by atomic mass is 10.2. The van der Waals surface area contributed by atoms with Gasteiger partial charge in [-0.05, 0) is 19.1 Å². The van der Waals surface area contributed by atoms with Gasteiger partial charge in [-0.2, -0.15) is 0 Å². The highest BCUT2D eigenvalue weighted by atomic mass is 16.5. The number of pyridine rings is 1. The normalized spacial score (nSPS) is 10.1. The van der Waals surface area contributed by atoms with Crippen LogP contribution in [0.4, 0.5) is 0 Å². The molecular weight excluding hydrogens is 258 g/mol. The zero-order valence-electron chi connectivity index (χ0n) is 11.1. The number of benzene rings is 1. The Morgan fingerprint density at radius 1 is 1.20 bits per heavy atom. The van der Waals surface area contributed by atoms with Crippen LogP contribution in [0, 0.1) is 6.92 Å². The molecule has 0 saturated heterocycles. The molecule has 5 nitrogen and oxygen atoms in total. The number of aromatic nitrogens is 1. The summed E-state index contributed by atoms with van der Waals surface area (Å²) in [6, 6.07) is 11.0. The Balaban J connectivity index is 1.91. The SMILES string of the molecule is Cc1cc(OCCOc2ccccc2)c(C(=O)O)cn1. The molecule has 0 aliphatic carbocycles. The highest BCUT2D eigenvalue weighted by Crippen LogP contribution is 2.18. The van der Waals surface area contributed by atoms with Crippen LogP contribution in [0.3, 0.4) is 0 Å². The van der Waals surface area contributed by atoms with Crippen molar-refractivity contribution in [2.75, 3.05) is 13.2 Å². The third-order valence-electron chi connectivity index (χ3n) is 2.59. The van der Waals surface area contributed by atoms with E-state index in [-0.39, 0.29) is 12.2 Å². The Morgan fingerprint density at radius 3 is 2.60 bits per heavy atom. The van der Waals surface area contributed by atoms with E-state index in [1.807, 2.05) is 30.3 Å². The van der Waals surface area contributed by atoms with Crippen LogP contribution in [0.25, 0.3) is 0 Å². The molecule has 0 unspecified atom stereocenters. The summed E-state index contributed by atoms with van der Waals surface area (Å²) >= 11 is 0. The molecular formula is C15H15NO4. The molecule has 0 bridgehead atoms. The molecule has 0 aliphatic heterocycles. The molecule has 20 heavy (non-hydrogen) atoms. The molecule has 2 rings (SSSR count). The molecule has 1 heterocycles. The molecule has 2 aromatic rings. The number of hydrogen-bond acceptors (Lipinski definition) is 4. The summed E-state index contributed by atoms with van der Waals surface area (Å²) < 4.78 is 10.9. The Kier molecular flexibility index (Phi) is 4.55. The Hall–Kier alpha value is -2.56. The summed E-state index contributed by atoms with van der Waals surface area (Å²) in [6.45, 7) is 2.38. The number of carbonyl (C=O) groups is 1. The minimum atomic E-state index is -1.06. The van der Waals surface area contributed by atoms with E-state index in [9.17, 15) is 4.79 Å². The lowest BCUT2D eigenvalue weighted by molar-refractivity contribution is 0.0690. The average Bonchev–Trinajstić information content (AvgIpc) is 2.44. The molecule has 0 spiro atoms. The second-order valence-electron chi connectivity index (χ2n) is 4.14. The maximum absolute atomic E-state index is 11.0. The fourth-order valence-electron chi connectivity index (χ4n) is 1.64. The Morgan fingerprint density at radius 2 is 1.90 bits per heavy atom. The topological polar surface area (TPSA) is 68.7 Å². The lowest BCUT2D eigenvalue weighted by Crippen LogP contribution is -2.11. The van der Waals surface area contributed by atoms with E-state index < -0.39 is 5.97 Å². The van der Waals surface area contributed by atoms with Gasteiger partial charge < -0.3 is 14.6 Å². The van der Waals surface area contributed by atoms with Gasteiger partial charge in [0, 0.05) is 18.0 Å². The van der Waals surface area contributed by atoms with Gasteiger partial charge >= 0.3 is 5.97 Å². The van der Waals surface area contributed by atoms with Crippen molar-refractivity contribution < 1.29 is 19.4 Å². The number of carboxylic acid groups (broad SMARTS) is 1. The third-order valence-corrected chi connectivity index (χ3v) is 2.59. The van der Waals surface area contributed by atoms with Gasteiger partial charge in [0.05, 0.1) is 0 Å². The smallest absolute Gasteiger partial charge is 0.341 e. The van der Waals surface area contributed by atoms with Gasteiger partial charge in [0.25, 0.3) is 0 Å². The van der Waals surface area contributed by atoms with Crippen LogP contribution in [0.5, 0.6) is 11.5 Å².